The fourth-order valence-electron chi connectivity index (χ4n) is 3.04. The highest BCUT2D eigenvalue weighted by atomic mass is 16.3. The molecule has 2 atom stereocenters. The zero-order valence-electron chi connectivity index (χ0n) is 12.2. The molecule has 1 heterocycles. The summed E-state index contributed by atoms with van der Waals surface area (Å²) in [5.74, 6) is 0. The van der Waals surface area contributed by atoms with Crippen molar-refractivity contribution in [3.63, 3.8) is 0 Å². The summed E-state index contributed by atoms with van der Waals surface area (Å²) in [6, 6.07) is 1.31. The van der Waals surface area contributed by atoms with E-state index >= 15 is 0 Å². The first-order valence-electron chi connectivity index (χ1n) is 7.30. The van der Waals surface area contributed by atoms with Crippen molar-refractivity contribution in [2.75, 3.05) is 40.3 Å². The number of rotatable bonds is 7. The summed E-state index contributed by atoms with van der Waals surface area (Å²) in [6.45, 7) is 5.68. The Hall–Kier alpha value is -0.160. The van der Waals surface area contributed by atoms with E-state index < -0.39 is 0 Å². The van der Waals surface area contributed by atoms with Crippen LogP contribution in [0.15, 0.2) is 0 Å². The minimum atomic E-state index is -0.129. The van der Waals surface area contributed by atoms with Crippen LogP contribution in [0.2, 0.25) is 0 Å². The van der Waals surface area contributed by atoms with Gasteiger partial charge in [-0.3, -0.25) is 4.90 Å². The normalized spacial score (nSPS) is 28.8. The lowest BCUT2D eigenvalue weighted by Gasteiger charge is -2.37. The van der Waals surface area contributed by atoms with Crippen LogP contribution in [0, 0.1) is 0 Å². The van der Waals surface area contributed by atoms with Crippen LogP contribution >= 0.6 is 0 Å². The molecule has 2 fully saturated rings. The minimum absolute atomic E-state index is 0.129. The van der Waals surface area contributed by atoms with Gasteiger partial charge in [-0.05, 0) is 53.2 Å². The average Bonchev–Trinajstić information content (AvgIpc) is 3.00. The topological polar surface area (TPSA) is 38.7 Å². The van der Waals surface area contributed by atoms with Crippen LogP contribution in [0.1, 0.15) is 32.6 Å². The summed E-state index contributed by atoms with van der Waals surface area (Å²) in [4.78, 5) is 4.83. The minimum Gasteiger partial charge on any atom is -0.394 e. The Bertz CT molecular complexity index is 268. The van der Waals surface area contributed by atoms with E-state index in [9.17, 15) is 5.11 Å². The molecule has 0 amide bonds. The lowest BCUT2D eigenvalue weighted by atomic mass is 10.0. The van der Waals surface area contributed by atoms with Gasteiger partial charge in [-0.2, -0.15) is 0 Å². The SMILES string of the molecule is CN(C)CC1CCCN1CC(C)(CO)NC1CC1. The van der Waals surface area contributed by atoms with Gasteiger partial charge in [0.1, 0.15) is 0 Å². The third kappa shape index (κ3) is 3.92. The summed E-state index contributed by atoms with van der Waals surface area (Å²) in [5.41, 5.74) is -0.129. The highest BCUT2D eigenvalue weighted by Crippen LogP contribution is 2.25. The van der Waals surface area contributed by atoms with Gasteiger partial charge in [-0.25, -0.2) is 0 Å². The molecule has 0 bridgehead atoms. The van der Waals surface area contributed by atoms with Crippen molar-refractivity contribution in [3.8, 4) is 0 Å². The number of hydrogen-bond donors (Lipinski definition) is 2. The molecule has 2 unspecified atom stereocenters. The van der Waals surface area contributed by atoms with Gasteiger partial charge in [0, 0.05) is 25.2 Å². The fourth-order valence-corrected chi connectivity index (χ4v) is 3.04. The second kappa shape index (κ2) is 5.87. The maximum atomic E-state index is 9.69. The number of nitrogens with zero attached hydrogens (tertiary/aromatic N) is 2. The van der Waals surface area contributed by atoms with Crippen LogP contribution in [-0.4, -0.2) is 72.9 Å². The predicted molar refractivity (Wildman–Crippen MR) is 74.8 cm³/mol. The molecule has 0 aromatic carbocycles. The van der Waals surface area contributed by atoms with Gasteiger partial charge in [0.15, 0.2) is 0 Å². The van der Waals surface area contributed by atoms with E-state index in [0.29, 0.717) is 12.1 Å². The average molecular weight is 255 g/mol. The molecule has 2 aliphatic rings. The Morgan fingerprint density at radius 2 is 2.06 bits per heavy atom. The first-order chi connectivity index (χ1) is 8.52. The number of nitrogens with one attached hydrogen (secondary N) is 1. The second-order valence-corrected chi connectivity index (χ2v) is 6.67. The van der Waals surface area contributed by atoms with Crippen LogP contribution in [0.3, 0.4) is 0 Å². The molecule has 18 heavy (non-hydrogen) atoms. The Morgan fingerprint density at radius 3 is 2.61 bits per heavy atom. The molecule has 4 heteroatoms. The molecule has 1 aliphatic carbocycles. The van der Waals surface area contributed by atoms with Crippen molar-refractivity contribution in [2.24, 2.45) is 0 Å². The van der Waals surface area contributed by atoms with Gasteiger partial charge in [-0.1, -0.05) is 0 Å². The molecule has 2 N–H and O–H groups in total. The smallest absolute Gasteiger partial charge is 0.0623 e. The van der Waals surface area contributed by atoms with E-state index in [1.165, 1.54) is 32.2 Å². The first-order valence-corrected chi connectivity index (χ1v) is 7.30. The largest absolute Gasteiger partial charge is 0.394 e. The van der Waals surface area contributed by atoms with Gasteiger partial charge in [-0.15, -0.1) is 0 Å². The molecule has 1 aliphatic heterocycles. The Balaban J connectivity index is 1.88. The molecule has 0 spiro atoms. The maximum Gasteiger partial charge on any atom is 0.0623 e. The summed E-state index contributed by atoms with van der Waals surface area (Å²) in [5, 5.41) is 13.3. The highest BCUT2D eigenvalue weighted by molar-refractivity contribution is 4.96. The van der Waals surface area contributed by atoms with Crippen LogP contribution in [0.25, 0.3) is 0 Å². The van der Waals surface area contributed by atoms with Crippen molar-refractivity contribution in [3.05, 3.63) is 0 Å². The van der Waals surface area contributed by atoms with Gasteiger partial charge >= 0.3 is 0 Å². The number of likely N-dealkylation sites (tertiary alicyclic amines) is 1. The number of aliphatic hydroxyl groups excluding tert-OH is 1. The van der Waals surface area contributed by atoms with E-state index in [-0.39, 0.29) is 12.1 Å². The van der Waals surface area contributed by atoms with Crippen LogP contribution in [0.5, 0.6) is 0 Å². The van der Waals surface area contributed by atoms with Gasteiger partial charge in [0.25, 0.3) is 0 Å². The standard InChI is InChI=1S/C14H29N3O/c1-14(11-18,15-12-6-7-12)10-17-8-4-5-13(17)9-16(2)3/h12-13,15,18H,4-11H2,1-3H3. The summed E-state index contributed by atoms with van der Waals surface area (Å²) in [6.07, 6.45) is 5.14. The zero-order valence-corrected chi connectivity index (χ0v) is 12.2. The third-order valence-electron chi connectivity index (χ3n) is 4.11. The Labute approximate surface area is 111 Å². The molecular weight excluding hydrogens is 226 g/mol. The van der Waals surface area contributed by atoms with E-state index in [4.69, 9.17) is 0 Å². The van der Waals surface area contributed by atoms with Gasteiger partial charge in [0.2, 0.25) is 0 Å². The molecule has 0 radical (unpaired) electrons. The van der Waals surface area contributed by atoms with E-state index in [1.807, 2.05) is 0 Å². The fraction of sp³-hybridized carbons (Fsp3) is 1.00. The van der Waals surface area contributed by atoms with Crippen molar-refractivity contribution in [2.45, 2.75) is 50.2 Å². The van der Waals surface area contributed by atoms with Crippen molar-refractivity contribution in [1.82, 2.24) is 15.1 Å². The summed E-state index contributed by atoms with van der Waals surface area (Å²) in [7, 11) is 4.29. The van der Waals surface area contributed by atoms with Crippen molar-refractivity contribution in [1.29, 1.82) is 0 Å². The molecule has 2 rings (SSSR count). The third-order valence-corrected chi connectivity index (χ3v) is 4.11. The lowest BCUT2D eigenvalue weighted by molar-refractivity contribution is 0.104. The number of likely N-dealkylation sites (N-methyl/N-ethyl adjacent to an activating group) is 1. The first kappa shape index (κ1) is 14.3. The molecule has 1 saturated carbocycles. The molecule has 0 aromatic heterocycles. The molecule has 4 nitrogen and oxygen atoms in total. The van der Waals surface area contributed by atoms with Gasteiger partial charge < -0.3 is 15.3 Å². The maximum absolute atomic E-state index is 9.69. The molecule has 0 aromatic rings. The van der Waals surface area contributed by atoms with Crippen LogP contribution < -0.4 is 5.32 Å². The van der Waals surface area contributed by atoms with Crippen molar-refractivity contribution >= 4 is 0 Å². The van der Waals surface area contributed by atoms with E-state index in [2.05, 4.69) is 36.1 Å². The van der Waals surface area contributed by atoms with E-state index in [1.54, 1.807) is 0 Å². The molecular formula is C14H29N3O. The monoisotopic (exact) mass is 255 g/mol. The number of aliphatic hydroxyl groups is 1. The van der Waals surface area contributed by atoms with E-state index in [0.717, 1.165) is 13.1 Å². The van der Waals surface area contributed by atoms with Crippen LogP contribution in [0.4, 0.5) is 0 Å². The predicted octanol–water partition coefficient (Wildman–Crippen LogP) is 0.515. The van der Waals surface area contributed by atoms with Crippen molar-refractivity contribution < 1.29 is 5.11 Å². The molecule has 106 valence electrons. The molecule has 1 saturated heterocycles. The summed E-state index contributed by atoms with van der Waals surface area (Å²) >= 11 is 0. The Kier molecular flexibility index (Phi) is 4.64. The summed E-state index contributed by atoms with van der Waals surface area (Å²) < 4.78 is 0. The van der Waals surface area contributed by atoms with Crippen LogP contribution in [-0.2, 0) is 0 Å². The van der Waals surface area contributed by atoms with Gasteiger partial charge in [0.05, 0.1) is 12.1 Å². The lowest BCUT2D eigenvalue weighted by Crippen LogP contribution is -2.56. The highest BCUT2D eigenvalue weighted by Gasteiger charge is 2.36. The second-order valence-electron chi connectivity index (χ2n) is 6.67. The zero-order chi connectivity index (χ0) is 13.2. The number of hydrogen-bond acceptors (Lipinski definition) is 4. The quantitative estimate of drug-likeness (QED) is 0.695. The Morgan fingerprint density at radius 1 is 1.33 bits per heavy atom.